The van der Waals surface area contributed by atoms with Crippen molar-refractivity contribution in [2.24, 2.45) is 0 Å². The number of rotatable bonds is 5. The number of carbonyl (C=O) groups is 1. The molecule has 0 spiro atoms. The Kier molecular flexibility index (Phi) is 6.30. The predicted octanol–water partition coefficient (Wildman–Crippen LogP) is 7.24. The van der Waals surface area contributed by atoms with Crippen LogP contribution in [0, 0.1) is 6.92 Å². The van der Waals surface area contributed by atoms with E-state index in [4.69, 9.17) is 9.15 Å². The van der Waals surface area contributed by atoms with Gasteiger partial charge in [0.05, 0.1) is 5.39 Å². The quantitative estimate of drug-likeness (QED) is 0.281. The lowest BCUT2D eigenvalue weighted by Gasteiger charge is -2.19. The van der Waals surface area contributed by atoms with Crippen molar-refractivity contribution in [1.29, 1.82) is 0 Å². The van der Waals surface area contributed by atoms with Crippen LogP contribution in [0.25, 0.3) is 33.1 Å². The fraction of sp³-hybridized carbons (Fsp3) is 0.188. The van der Waals surface area contributed by atoms with Crippen LogP contribution in [0.5, 0.6) is 5.75 Å². The Morgan fingerprint density at radius 3 is 2.38 bits per heavy atom. The number of amides is 1. The normalized spacial score (nSPS) is 11.6. The minimum absolute atomic E-state index is 0.0146. The van der Waals surface area contributed by atoms with Gasteiger partial charge in [0.2, 0.25) is 11.2 Å². The minimum Gasteiger partial charge on any atom is -0.476 e. The second kappa shape index (κ2) is 9.58. The SMILES string of the molecule is Cc1ccc2oc(-c3ccc(C(C)(C)C)cc3)c(OCC(=O)Nc3cccc4ccccc34)c(=O)c2c1. The maximum atomic E-state index is 13.5. The first-order chi connectivity index (χ1) is 17.7. The summed E-state index contributed by atoms with van der Waals surface area (Å²) in [6.07, 6.45) is 0. The van der Waals surface area contributed by atoms with Gasteiger partial charge in [0.1, 0.15) is 5.58 Å². The first-order valence-electron chi connectivity index (χ1n) is 12.3. The molecule has 0 radical (unpaired) electrons. The number of anilines is 1. The topological polar surface area (TPSA) is 68.5 Å². The summed E-state index contributed by atoms with van der Waals surface area (Å²) in [7, 11) is 0. The largest absolute Gasteiger partial charge is 0.476 e. The number of fused-ring (bicyclic) bond motifs is 2. The summed E-state index contributed by atoms with van der Waals surface area (Å²) >= 11 is 0. The summed E-state index contributed by atoms with van der Waals surface area (Å²) < 4.78 is 12.1. The zero-order valence-corrected chi connectivity index (χ0v) is 21.4. The second-order valence-electron chi connectivity index (χ2n) is 10.3. The van der Waals surface area contributed by atoms with Crippen molar-refractivity contribution >= 4 is 33.3 Å². The van der Waals surface area contributed by atoms with Crippen LogP contribution in [0.15, 0.2) is 94.1 Å². The van der Waals surface area contributed by atoms with Gasteiger partial charge in [-0.3, -0.25) is 9.59 Å². The molecule has 186 valence electrons. The lowest BCUT2D eigenvalue weighted by molar-refractivity contribution is -0.118. The van der Waals surface area contributed by atoms with E-state index in [1.165, 1.54) is 0 Å². The molecule has 0 saturated heterocycles. The Bertz CT molecular complexity index is 1670. The van der Waals surface area contributed by atoms with Crippen LogP contribution in [0.4, 0.5) is 5.69 Å². The average Bonchev–Trinajstić information content (AvgIpc) is 2.88. The Labute approximate surface area is 215 Å². The third kappa shape index (κ3) is 4.98. The van der Waals surface area contributed by atoms with Gasteiger partial charge in [-0.1, -0.05) is 93.1 Å². The van der Waals surface area contributed by atoms with E-state index in [1.807, 2.05) is 79.7 Å². The maximum absolute atomic E-state index is 13.5. The number of hydrogen-bond donors (Lipinski definition) is 1. The van der Waals surface area contributed by atoms with Crippen LogP contribution in [-0.4, -0.2) is 12.5 Å². The van der Waals surface area contributed by atoms with Crippen LogP contribution in [-0.2, 0) is 10.2 Å². The number of hydrogen-bond acceptors (Lipinski definition) is 4. The molecule has 5 aromatic rings. The van der Waals surface area contributed by atoms with Crippen LogP contribution in [0.2, 0.25) is 0 Å². The minimum atomic E-state index is -0.367. The third-order valence-electron chi connectivity index (χ3n) is 6.43. The first-order valence-corrected chi connectivity index (χ1v) is 12.3. The number of aryl methyl sites for hydroxylation is 1. The summed E-state index contributed by atoms with van der Waals surface area (Å²) in [5, 5.41) is 5.27. The zero-order valence-electron chi connectivity index (χ0n) is 21.4. The Morgan fingerprint density at radius 2 is 1.62 bits per heavy atom. The van der Waals surface area contributed by atoms with Gasteiger partial charge in [0.15, 0.2) is 12.4 Å². The highest BCUT2D eigenvalue weighted by atomic mass is 16.5. The van der Waals surface area contributed by atoms with Gasteiger partial charge in [0.25, 0.3) is 5.91 Å². The molecule has 1 N–H and O–H groups in total. The monoisotopic (exact) mass is 491 g/mol. The van der Waals surface area contributed by atoms with E-state index in [2.05, 4.69) is 26.1 Å². The first kappa shape index (κ1) is 24.3. The van der Waals surface area contributed by atoms with Gasteiger partial charge < -0.3 is 14.5 Å². The maximum Gasteiger partial charge on any atom is 0.262 e. The van der Waals surface area contributed by atoms with Gasteiger partial charge in [-0.2, -0.15) is 0 Å². The fourth-order valence-corrected chi connectivity index (χ4v) is 4.39. The second-order valence-corrected chi connectivity index (χ2v) is 10.3. The number of benzene rings is 4. The number of ether oxygens (including phenoxy) is 1. The fourth-order valence-electron chi connectivity index (χ4n) is 4.39. The smallest absolute Gasteiger partial charge is 0.262 e. The average molecular weight is 492 g/mol. The molecule has 1 amide bonds. The van der Waals surface area contributed by atoms with Crippen LogP contribution in [0.1, 0.15) is 31.9 Å². The van der Waals surface area contributed by atoms with Gasteiger partial charge in [-0.25, -0.2) is 0 Å². The third-order valence-corrected chi connectivity index (χ3v) is 6.43. The molecule has 4 aromatic carbocycles. The van der Waals surface area contributed by atoms with Crippen LogP contribution >= 0.6 is 0 Å². The molecule has 0 aliphatic heterocycles. The van der Waals surface area contributed by atoms with Gasteiger partial charge in [-0.05, 0) is 41.5 Å². The molecule has 0 fully saturated rings. The van der Waals surface area contributed by atoms with Crippen molar-refractivity contribution in [3.8, 4) is 17.1 Å². The Balaban J connectivity index is 1.49. The Morgan fingerprint density at radius 1 is 0.892 bits per heavy atom. The number of nitrogens with one attached hydrogen (secondary N) is 1. The summed E-state index contributed by atoms with van der Waals surface area (Å²) in [6, 6.07) is 26.9. The van der Waals surface area contributed by atoms with Gasteiger partial charge in [-0.15, -0.1) is 0 Å². The zero-order chi connectivity index (χ0) is 26.2. The highest BCUT2D eigenvalue weighted by Gasteiger charge is 2.20. The summed E-state index contributed by atoms with van der Waals surface area (Å²) in [4.78, 5) is 26.4. The van der Waals surface area contributed by atoms with E-state index in [9.17, 15) is 9.59 Å². The van der Waals surface area contributed by atoms with E-state index in [-0.39, 0.29) is 29.1 Å². The molecule has 5 heteroatoms. The number of carbonyl (C=O) groups excluding carboxylic acids is 1. The highest BCUT2D eigenvalue weighted by molar-refractivity contribution is 6.02. The predicted molar refractivity (Wildman–Crippen MR) is 149 cm³/mol. The van der Waals surface area contributed by atoms with Crippen molar-refractivity contribution in [2.45, 2.75) is 33.1 Å². The van der Waals surface area contributed by atoms with Crippen molar-refractivity contribution < 1.29 is 13.9 Å². The molecule has 0 aliphatic carbocycles. The molecule has 37 heavy (non-hydrogen) atoms. The van der Waals surface area contributed by atoms with Crippen molar-refractivity contribution in [1.82, 2.24) is 0 Å². The van der Waals surface area contributed by atoms with E-state index in [0.717, 1.165) is 21.9 Å². The van der Waals surface area contributed by atoms with E-state index < -0.39 is 0 Å². The molecule has 5 rings (SSSR count). The standard InChI is InChI=1S/C32H29NO4/c1-20-12-17-27-25(18-20)29(35)31(30(37-27)22-13-15-23(16-14-22)32(2,3)4)36-19-28(34)33-26-11-7-9-21-8-5-6-10-24(21)26/h5-18H,19H2,1-4H3,(H,33,34). The molecule has 0 atom stereocenters. The van der Waals surface area contributed by atoms with Gasteiger partial charge >= 0.3 is 0 Å². The molecule has 5 nitrogen and oxygen atoms in total. The lowest BCUT2D eigenvalue weighted by atomic mass is 9.86. The van der Waals surface area contributed by atoms with Gasteiger partial charge in [0, 0.05) is 16.6 Å². The van der Waals surface area contributed by atoms with Crippen LogP contribution < -0.4 is 15.5 Å². The molecular weight excluding hydrogens is 462 g/mol. The van der Waals surface area contributed by atoms with Crippen molar-refractivity contribution in [3.63, 3.8) is 0 Å². The van der Waals surface area contributed by atoms with Crippen molar-refractivity contribution in [2.75, 3.05) is 11.9 Å². The molecule has 1 aromatic heterocycles. The summed E-state index contributed by atoms with van der Waals surface area (Å²) in [5.41, 5.74) is 3.63. The summed E-state index contributed by atoms with van der Waals surface area (Å²) in [5.74, 6) is -0.0384. The molecule has 0 unspecified atom stereocenters. The Hall–Kier alpha value is -4.38. The highest BCUT2D eigenvalue weighted by Crippen LogP contribution is 2.33. The molecule has 0 bridgehead atoms. The van der Waals surface area contributed by atoms with Crippen LogP contribution in [0.3, 0.4) is 0 Å². The van der Waals surface area contributed by atoms with E-state index in [0.29, 0.717) is 28.0 Å². The summed E-state index contributed by atoms with van der Waals surface area (Å²) in [6.45, 7) is 8.01. The molecule has 0 aliphatic rings. The molecule has 1 heterocycles. The molecular formula is C32H29NO4. The van der Waals surface area contributed by atoms with E-state index >= 15 is 0 Å². The molecule has 0 saturated carbocycles. The van der Waals surface area contributed by atoms with Crippen molar-refractivity contribution in [3.05, 3.63) is 106 Å². The van der Waals surface area contributed by atoms with E-state index in [1.54, 1.807) is 12.1 Å². The lowest BCUT2D eigenvalue weighted by Crippen LogP contribution is -2.22.